The average Bonchev–Trinajstić information content (AvgIpc) is 2.41. The zero-order valence-electron chi connectivity index (χ0n) is 10.6. The lowest BCUT2D eigenvalue weighted by Gasteiger charge is -2.15. The Morgan fingerprint density at radius 2 is 2.05 bits per heavy atom. The van der Waals surface area contributed by atoms with Crippen molar-refractivity contribution in [1.82, 2.24) is 0 Å². The number of nitrogens with one attached hydrogen (secondary N) is 1. The van der Waals surface area contributed by atoms with E-state index in [0.29, 0.717) is 9.46 Å². The normalized spacial score (nSPS) is 10.3. The Labute approximate surface area is 135 Å². The molecule has 0 saturated heterocycles. The van der Waals surface area contributed by atoms with Crippen LogP contribution in [0.3, 0.4) is 0 Å². The van der Waals surface area contributed by atoms with Crippen molar-refractivity contribution in [2.75, 3.05) is 11.6 Å². The Morgan fingerprint density at radius 1 is 1.30 bits per heavy atom. The minimum atomic E-state index is -0.296. The van der Waals surface area contributed by atoms with Crippen molar-refractivity contribution in [2.45, 2.75) is 4.90 Å². The molecule has 6 heteroatoms. The number of anilines is 2. The van der Waals surface area contributed by atoms with Gasteiger partial charge in [-0.2, -0.15) is 0 Å². The minimum Gasteiger partial charge on any atom is -0.389 e. The minimum absolute atomic E-state index is 0.296. The maximum atomic E-state index is 13.1. The third kappa shape index (κ3) is 3.31. The molecular weight excluding hydrogens is 359 g/mol. The fraction of sp³-hybridized carbons (Fsp3) is 0.0714. The van der Waals surface area contributed by atoms with Crippen molar-refractivity contribution < 1.29 is 4.39 Å². The van der Waals surface area contributed by atoms with Gasteiger partial charge in [-0.05, 0) is 52.5 Å². The largest absolute Gasteiger partial charge is 0.389 e. The molecule has 2 aromatic carbocycles. The van der Waals surface area contributed by atoms with Crippen LogP contribution in [0, 0.1) is 5.82 Å². The van der Waals surface area contributed by atoms with Crippen LogP contribution >= 0.6 is 39.9 Å². The second-order valence-electron chi connectivity index (χ2n) is 4.00. The number of thioether (sulfide) groups is 1. The first-order valence-electron chi connectivity index (χ1n) is 5.72. The van der Waals surface area contributed by atoms with Gasteiger partial charge in [0.05, 0.1) is 5.69 Å². The van der Waals surface area contributed by atoms with Gasteiger partial charge in [0.25, 0.3) is 0 Å². The summed E-state index contributed by atoms with van der Waals surface area (Å²) in [5.41, 5.74) is 8.17. The highest BCUT2D eigenvalue weighted by molar-refractivity contribution is 9.10. The van der Waals surface area contributed by atoms with E-state index < -0.39 is 0 Å². The van der Waals surface area contributed by atoms with Crippen LogP contribution in [0.5, 0.6) is 0 Å². The summed E-state index contributed by atoms with van der Waals surface area (Å²) in [6.45, 7) is 0. The quantitative estimate of drug-likeness (QED) is 0.604. The van der Waals surface area contributed by atoms with Crippen LogP contribution in [0.1, 0.15) is 5.56 Å². The fourth-order valence-electron chi connectivity index (χ4n) is 1.80. The fourth-order valence-corrected chi connectivity index (χ4v) is 3.17. The molecule has 20 heavy (non-hydrogen) atoms. The van der Waals surface area contributed by atoms with Gasteiger partial charge in [0.1, 0.15) is 10.8 Å². The summed E-state index contributed by atoms with van der Waals surface area (Å²) in [4.78, 5) is 1.33. The van der Waals surface area contributed by atoms with Gasteiger partial charge in [0, 0.05) is 20.6 Å². The topological polar surface area (TPSA) is 38.0 Å². The highest BCUT2D eigenvalue weighted by Gasteiger charge is 2.12. The Hall–Kier alpha value is -1.11. The number of hydrogen-bond donors (Lipinski definition) is 2. The van der Waals surface area contributed by atoms with Crippen molar-refractivity contribution in [2.24, 2.45) is 5.73 Å². The van der Waals surface area contributed by atoms with Crippen molar-refractivity contribution >= 4 is 56.3 Å². The molecule has 0 fully saturated rings. The van der Waals surface area contributed by atoms with Gasteiger partial charge in [-0.25, -0.2) is 4.39 Å². The molecule has 2 rings (SSSR count). The van der Waals surface area contributed by atoms with E-state index >= 15 is 0 Å². The van der Waals surface area contributed by atoms with Crippen LogP contribution in [0.25, 0.3) is 0 Å². The molecule has 0 atom stereocenters. The number of benzene rings is 2. The van der Waals surface area contributed by atoms with Crippen LogP contribution in [0.15, 0.2) is 45.8 Å². The molecule has 3 N–H and O–H groups in total. The van der Waals surface area contributed by atoms with Crippen molar-refractivity contribution in [3.05, 3.63) is 52.3 Å². The number of halogens is 2. The smallest absolute Gasteiger partial charge is 0.124 e. The molecule has 0 radical (unpaired) electrons. The lowest BCUT2D eigenvalue weighted by atomic mass is 10.1. The van der Waals surface area contributed by atoms with E-state index in [1.807, 2.05) is 24.5 Å². The number of rotatable bonds is 4. The molecule has 0 saturated carbocycles. The molecule has 0 heterocycles. The first-order chi connectivity index (χ1) is 9.52. The molecule has 0 bridgehead atoms. The lowest BCUT2D eigenvalue weighted by Crippen LogP contribution is -2.13. The molecule has 2 aromatic rings. The van der Waals surface area contributed by atoms with Gasteiger partial charge in [-0.3, -0.25) is 0 Å². The first kappa shape index (κ1) is 15.3. The van der Waals surface area contributed by atoms with E-state index in [0.717, 1.165) is 21.8 Å². The zero-order valence-corrected chi connectivity index (χ0v) is 13.8. The first-order valence-corrected chi connectivity index (χ1v) is 8.14. The van der Waals surface area contributed by atoms with Gasteiger partial charge >= 0.3 is 0 Å². The van der Waals surface area contributed by atoms with Crippen LogP contribution < -0.4 is 11.1 Å². The molecule has 2 nitrogen and oxygen atoms in total. The van der Waals surface area contributed by atoms with Gasteiger partial charge in [-0.1, -0.05) is 18.3 Å². The molecule has 0 amide bonds. The number of thiocarbonyl (C=S) groups is 1. The van der Waals surface area contributed by atoms with Crippen molar-refractivity contribution in [1.29, 1.82) is 0 Å². The highest BCUT2D eigenvalue weighted by atomic mass is 79.9. The second-order valence-corrected chi connectivity index (χ2v) is 6.14. The van der Waals surface area contributed by atoms with Gasteiger partial charge in [0.15, 0.2) is 0 Å². The van der Waals surface area contributed by atoms with Gasteiger partial charge in [-0.15, -0.1) is 11.8 Å². The summed E-state index contributed by atoms with van der Waals surface area (Å²) in [5.74, 6) is -0.296. The Bertz CT molecular complexity index is 662. The Balaban J connectivity index is 2.45. The van der Waals surface area contributed by atoms with Crippen LogP contribution in [0.4, 0.5) is 15.8 Å². The Morgan fingerprint density at radius 3 is 2.65 bits per heavy atom. The third-order valence-electron chi connectivity index (χ3n) is 2.69. The lowest BCUT2D eigenvalue weighted by molar-refractivity contribution is 0.627. The summed E-state index contributed by atoms with van der Waals surface area (Å²) in [6.07, 6.45) is 1.97. The van der Waals surface area contributed by atoms with Gasteiger partial charge < -0.3 is 11.1 Å². The van der Waals surface area contributed by atoms with Crippen molar-refractivity contribution in [3.8, 4) is 0 Å². The molecule has 0 aromatic heterocycles. The molecule has 104 valence electrons. The predicted molar refractivity (Wildman–Crippen MR) is 91.5 cm³/mol. The molecule has 0 aliphatic rings. The SMILES string of the molecule is CSc1cccc(Nc2ccc(F)cc2Br)c1C(N)=S. The molecule has 0 aliphatic carbocycles. The van der Waals surface area contributed by atoms with Crippen molar-refractivity contribution in [3.63, 3.8) is 0 Å². The van der Waals surface area contributed by atoms with Gasteiger partial charge in [0.2, 0.25) is 0 Å². The van der Waals surface area contributed by atoms with E-state index in [1.165, 1.54) is 12.1 Å². The van der Waals surface area contributed by atoms with E-state index in [4.69, 9.17) is 18.0 Å². The van der Waals surface area contributed by atoms with E-state index in [9.17, 15) is 4.39 Å². The molecule has 0 aliphatic heterocycles. The summed E-state index contributed by atoms with van der Waals surface area (Å²) < 4.78 is 13.8. The summed E-state index contributed by atoms with van der Waals surface area (Å²) in [5, 5.41) is 3.23. The number of hydrogen-bond acceptors (Lipinski definition) is 3. The summed E-state index contributed by atoms with van der Waals surface area (Å²) in [6, 6.07) is 10.2. The zero-order chi connectivity index (χ0) is 14.7. The summed E-state index contributed by atoms with van der Waals surface area (Å²) in [7, 11) is 0. The van der Waals surface area contributed by atoms with E-state index in [-0.39, 0.29) is 5.82 Å². The molecule has 0 spiro atoms. The van der Waals surface area contributed by atoms with Crippen LogP contribution in [-0.2, 0) is 0 Å². The summed E-state index contributed by atoms with van der Waals surface area (Å²) >= 11 is 10.0. The predicted octanol–water partition coefficient (Wildman–Crippen LogP) is 4.69. The van der Waals surface area contributed by atoms with Crippen LogP contribution in [0.2, 0.25) is 0 Å². The number of nitrogens with two attached hydrogens (primary N) is 1. The third-order valence-corrected chi connectivity index (χ3v) is 4.33. The maximum Gasteiger partial charge on any atom is 0.124 e. The second kappa shape index (κ2) is 6.56. The maximum absolute atomic E-state index is 13.1. The van der Waals surface area contributed by atoms with E-state index in [2.05, 4.69) is 21.2 Å². The standard InChI is InChI=1S/C14H12BrFN2S2/c1-20-12-4-2-3-11(13(12)14(17)19)18-10-6-5-8(16)7-9(10)15/h2-7,18H,1H3,(H2,17,19). The van der Waals surface area contributed by atoms with Crippen LogP contribution in [-0.4, -0.2) is 11.2 Å². The highest BCUT2D eigenvalue weighted by Crippen LogP contribution is 2.32. The average molecular weight is 371 g/mol. The molecule has 0 unspecified atom stereocenters. The molecular formula is C14H12BrFN2S2. The van der Waals surface area contributed by atoms with E-state index in [1.54, 1.807) is 17.8 Å². The monoisotopic (exact) mass is 370 g/mol. The Kier molecular flexibility index (Phi) is 5.01.